The second-order valence-electron chi connectivity index (χ2n) is 5.29. The molecule has 90 valence electrons. The largest absolute Gasteiger partial charge is 0.493 e. The van der Waals surface area contributed by atoms with Gasteiger partial charge in [-0.2, -0.15) is 5.10 Å². The molecule has 1 aliphatic rings. The molecule has 1 aliphatic carbocycles. The van der Waals surface area contributed by atoms with Gasteiger partial charge in [0, 0.05) is 7.05 Å². The van der Waals surface area contributed by atoms with Gasteiger partial charge >= 0.3 is 0 Å². The Morgan fingerprint density at radius 2 is 2.25 bits per heavy atom. The highest BCUT2D eigenvalue weighted by molar-refractivity contribution is 5.30. The average Bonchev–Trinajstić information content (AvgIpc) is 2.69. The van der Waals surface area contributed by atoms with E-state index in [1.54, 1.807) is 13.3 Å². The molecule has 0 saturated heterocycles. The summed E-state index contributed by atoms with van der Waals surface area (Å²) in [4.78, 5) is 0. The highest BCUT2D eigenvalue weighted by atomic mass is 16.5. The molecule has 0 amide bonds. The van der Waals surface area contributed by atoms with Gasteiger partial charge in [0.15, 0.2) is 5.75 Å². The average molecular weight is 223 g/mol. The first-order valence-corrected chi connectivity index (χ1v) is 5.74. The highest BCUT2D eigenvalue weighted by Crippen LogP contribution is 2.58. The van der Waals surface area contributed by atoms with E-state index < -0.39 is 0 Å². The van der Waals surface area contributed by atoms with Crippen LogP contribution in [0.25, 0.3) is 0 Å². The second-order valence-corrected chi connectivity index (χ2v) is 5.29. The lowest BCUT2D eigenvalue weighted by Crippen LogP contribution is -2.23. The molecule has 0 radical (unpaired) electrons. The zero-order chi connectivity index (χ0) is 11.9. The number of methoxy groups -OCH3 is 1. The Hall–Kier alpha value is -1.03. The van der Waals surface area contributed by atoms with Gasteiger partial charge in [0.2, 0.25) is 0 Å². The zero-order valence-electron chi connectivity index (χ0n) is 10.7. The van der Waals surface area contributed by atoms with E-state index in [1.807, 2.05) is 18.8 Å². The van der Waals surface area contributed by atoms with Gasteiger partial charge in [-0.25, -0.2) is 0 Å². The van der Waals surface area contributed by atoms with Gasteiger partial charge in [-0.05, 0) is 24.8 Å². The van der Waals surface area contributed by atoms with Crippen molar-refractivity contribution in [2.24, 2.45) is 18.4 Å². The number of aryl methyl sites for hydroxylation is 1. The first-order chi connectivity index (χ1) is 7.51. The van der Waals surface area contributed by atoms with Gasteiger partial charge in [-0.15, -0.1) is 0 Å². The molecule has 0 aromatic carbocycles. The maximum atomic E-state index is 5.37. The van der Waals surface area contributed by atoms with E-state index in [9.17, 15) is 0 Å². The Bertz CT molecular complexity index is 384. The maximum absolute atomic E-state index is 5.37. The molecule has 1 heterocycles. The van der Waals surface area contributed by atoms with Gasteiger partial charge in [-0.3, -0.25) is 4.68 Å². The summed E-state index contributed by atoms with van der Waals surface area (Å²) in [5.41, 5.74) is 1.59. The monoisotopic (exact) mass is 223 g/mol. The summed E-state index contributed by atoms with van der Waals surface area (Å²) in [6.07, 6.45) is 3.04. The number of rotatable bonds is 4. The van der Waals surface area contributed by atoms with Crippen molar-refractivity contribution >= 4 is 0 Å². The molecule has 2 unspecified atom stereocenters. The lowest BCUT2D eigenvalue weighted by molar-refractivity contribution is 0.374. The fourth-order valence-corrected chi connectivity index (χ4v) is 2.54. The van der Waals surface area contributed by atoms with E-state index in [1.165, 1.54) is 6.42 Å². The molecule has 0 bridgehead atoms. The van der Waals surface area contributed by atoms with E-state index in [-0.39, 0.29) is 0 Å². The Morgan fingerprint density at radius 1 is 1.62 bits per heavy atom. The molecule has 4 heteroatoms. The smallest absolute Gasteiger partial charge is 0.161 e. The van der Waals surface area contributed by atoms with Gasteiger partial charge in [0.1, 0.15) is 0 Å². The van der Waals surface area contributed by atoms with E-state index in [4.69, 9.17) is 4.74 Å². The summed E-state index contributed by atoms with van der Waals surface area (Å²) < 4.78 is 7.28. The number of hydrogen-bond acceptors (Lipinski definition) is 3. The van der Waals surface area contributed by atoms with Crippen molar-refractivity contribution in [3.63, 3.8) is 0 Å². The van der Waals surface area contributed by atoms with E-state index >= 15 is 0 Å². The third-order valence-corrected chi connectivity index (χ3v) is 3.77. The van der Waals surface area contributed by atoms with E-state index in [0.29, 0.717) is 17.4 Å². The molecule has 16 heavy (non-hydrogen) atoms. The van der Waals surface area contributed by atoms with Crippen LogP contribution in [0.1, 0.15) is 32.0 Å². The van der Waals surface area contributed by atoms with Crippen LogP contribution in [0.3, 0.4) is 0 Å². The van der Waals surface area contributed by atoms with Crippen LogP contribution in [0.5, 0.6) is 5.75 Å². The molecular weight excluding hydrogens is 202 g/mol. The molecule has 1 fully saturated rings. The summed E-state index contributed by atoms with van der Waals surface area (Å²) in [5, 5.41) is 7.66. The predicted molar refractivity (Wildman–Crippen MR) is 63.4 cm³/mol. The summed E-state index contributed by atoms with van der Waals surface area (Å²) >= 11 is 0. The molecule has 1 N–H and O–H groups in total. The van der Waals surface area contributed by atoms with Crippen LogP contribution < -0.4 is 10.1 Å². The van der Waals surface area contributed by atoms with Crippen molar-refractivity contribution in [3.8, 4) is 5.75 Å². The minimum absolute atomic E-state index is 0.331. The van der Waals surface area contributed by atoms with Crippen LogP contribution in [-0.4, -0.2) is 23.9 Å². The fraction of sp³-hybridized carbons (Fsp3) is 0.750. The van der Waals surface area contributed by atoms with Crippen LogP contribution >= 0.6 is 0 Å². The SMILES string of the molecule is CNC(c1c(OC)cnn1C)C1CC1(C)C. The fourth-order valence-electron chi connectivity index (χ4n) is 2.54. The predicted octanol–water partition coefficient (Wildman–Crippen LogP) is 1.74. The molecule has 1 aromatic rings. The molecule has 0 spiro atoms. The number of aromatic nitrogens is 2. The number of nitrogens with zero attached hydrogens (tertiary/aromatic N) is 2. The number of ether oxygens (including phenoxy) is 1. The minimum Gasteiger partial charge on any atom is -0.493 e. The minimum atomic E-state index is 0.331. The topological polar surface area (TPSA) is 39.1 Å². The summed E-state index contributed by atoms with van der Waals surface area (Å²) in [7, 11) is 5.67. The van der Waals surface area contributed by atoms with Crippen molar-refractivity contribution in [1.29, 1.82) is 0 Å². The standard InChI is InChI=1S/C12H21N3O/c1-12(2)6-8(12)10(13-3)11-9(16-5)7-14-15(11)4/h7-8,10,13H,6H2,1-5H3. The number of nitrogens with one attached hydrogen (secondary N) is 1. The van der Waals surface area contributed by atoms with Crippen LogP contribution in [0, 0.1) is 11.3 Å². The Kier molecular flexibility index (Phi) is 2.70. The molecule has 1 aromatic heterocycles. The lowest BCUT2D eigenvalue weighted by atomic mass is 10.0. The third-order valence-electron chi connectivity index (χ3n) is 3.77. The third kappa shape index (κ3) is 1.71. The summed E-state index contributed by atoms with van der Waals surface area (Å²) in [6, 6.07) is 0.331. The van der Waals surface area contributed by atoms with E-state index in [0.717, 1.165) is 11.4 Å². The maximum Gasteiger partial charge on any atom is 0.161 e. The number of hydrogen-bond donors (Lipinski definition) is 1. The van der Waals surface area contributed by atoms with Gasteiger partial charge in [-0.1, -0.05) is 13.8 Å². The highest BCUT2D eigenvalue weighted by Gasteiger charge is 2.51. The Balaban J connectivity index is 2.30. The molecule has 0 aliphatic heterocycles. The lowest BCUT2D eigenvalue weighted by Gasteiger charge is -2.19. The summed E-state index contributed by atoms with van der Waals surface area (Å²) in [6.45, 7) is 4.62. The zero-order valence-corrected chi connectivity index (χ0v) is 10.7. The molecule has 1 saturated carbocycles. The van der Waals surface area contributed by atoms with Crippen molar-refractivity contribution in [2.45, 2.75) is 26.3 Å². The summed E-state index contributed by atoms with van der Waals surface area (Å²) in [5.74, 6) is 1.55. The molecule has 4 nitrogen and oxygen atoms in total. The van der Waals surface area contributed by atoms with Crippen LogP contribution in [-0.2, 0) is 7.05 Å². The first-order valence-electron chi connectivity index (χ1n) is 5.74. The van der Waals surface area contributed by atoms with Crippen molar-refractivity contribution in [1.82, 2.24) is 15.1 Å². The molecule has 2 atom stereocenters. The van der Waals surface area contributed by atoms with Gasteiger partial charge in [0.25, 0.3) is 0 Å². The first kappa shape index (κ1) is 11.5. The normalized spacial score (nSPS) is 24.2. The van der Waals surface area contributed by atoms with Crippen molar-refractivity contribution < 1.29 is 4.74 Å². The van der Waals surface area contributed by atoms with Crippen LogP contribution in [0.2, 0.25) is 0 Å². The van der Waals surface area contributed by atoms with Gasteiger partial charge < -0.3 is 10.1 Å². The Labute approximate surface area is 97.0 Å². The van der Waals surface area contributed by atoms with Crippen LogP contribution in [0.15, 0.2) is 6.20 Å². The molecule has 2 rings (SSSR count). The quantitative estimate of drug-likeness (QED) is 0.845. The van der Waals surface area contributed by atoms with Crippen LogP contribution in [0.4, 0.5) is 0 Å². The van der Waals surface area contributed by atoms with Crippen molar-refractivity contribution in [2.75, 3.05) is 14.2 Å². The van der Waals surface area contributed by atoms with E-state index in [2.05, 4.69) is 24.3 Å². The molecular formula is C12H21N3O. The second kappa shape index (κ2) is 3.77. The van der Waals surface area contributed by atoms with Crippen molar-refractivity contribution in [3.05, 3.63) is 11.9 Å². The Morgan fingerprint density at radius 3 is 2.69 bits per heavy atom. The van der Waals surface area contributed by atoms with Gasteiger partial charge in [0.05, 0.1) is 25.0 Å².